The van der Waals surface area contributed by atoms with Crippen molar-refractivity contribution in [2.45, 2.75) is 90.1 Å². The molecule has 4 rings (SSSR count). The minimum atomic E-state index is -0.347. The van der Waals surface area contributed by atoms with Crippen molar-refractivity contribution in [2.24, 2.45) is 5.73 Å². The van der Waals surface area contributed by atoms with Crippen LogP contribution in [-0.4, -0.2) is 42.2 Å². The number of para-hydroxylation sites is 1. The van der Waals surface area contributed by atoms with Crippen molar-refractivity contribution in [1.29, 1.82) is 0 Å². The molecule has 1 heterocycles. The molecule has 0 aliphatic heterocycles. The van der Waals surface area contributed by atoms with E-state index in [0.29, 0.717) is 6.04 Å². The maximum Gasteiger partial charge on any atom is 0.319 e. The molecule has 1 fully saturated rings. The summed E-state index contributed by atoms with van der Waals surface area (Å²) in [7, 11) is 4.12. The van der Waals surface area contributed by atoms with Crippen molar-refractivity contribution >= 4 is 23.5 Å². The zero-order valence-corrected chi connectivity index (χ0v) is 21.2. The number of rotatable bonds is 7. The van der Waals surface area contributed by atoms with E-state index >= 15 is 0 Å². The number of primary amides is 1. The molecule has 7 heteroatoms. The fourth-order valence-corrected chi connectivity index (χ4v) is 5.67. The summed E-state index contributed by atoms with van der Waals surface area (Å²) in [5.74, 6) is 1.79. The Morgan fingerprint density at radius 3 is 2.26 bits per heavy atom. The number of nitrogens with zero attached hydrogens (tertiary/aromatic N) is 4. The van der Waals surface area contributed by atoms with Gasteiger partial charge in [0.15, 0.2) is 0 Å². The Morgan fingerprint density at radius 1 is 1.03 bits per heavy atom. The van der Waals surface area contributed by atoms with Crippen LogP contribution >= 0.6 is 0 Å². The van der Waals surface area contributed by atoms with E-state index in [4.69, 9.17) is 15.7 Å². The van der Waals surface area contributed by atoms with E-state index in [1.807, 2.05) is 4.90 Å². The monoisotopic (exact) mass is 464 g/mol. The first kappa shape index (κ1) is 24.3. The average Bonchev–Trinajstić information content (AvgIpc) is 2.84. The molecular weight excluding hydrogens is 424 g/mol. The number of amides is 2. The van der Waals surface area contributed by atoms with Gasteiger partial charge in [0.05, 0.1) is 11.4 Å². The molecule has 0 spiro atoms. The molecule has 0 radical (unpaired) electrons. The van der Waals surface area contributed by atoms with Crippen LogP contribution in [0.15, 0.2) is 18.2 Å². The van der Waals surface area contributed by atoms with Crippen molar-refractivity contribution in [3.8, 4) is 0 Å². The Morgan fingerprint density at radius 2 is 1.68 bits per heavy atom. The van der Waals surface area contributed by atoms with Gasteiger partial charge in [0.1, 0.15) is 5.82 Å². The minimum absolute atomic E-state index is 0.121. The summed E-state index contributed by atoms with van der Waals surface area (Å²) in [6, 6.07) is 6.40. The smallest absolute Gasteiger partial charge is 0.319 e. The lowest BCUT2D eigenvalue weighted by atomic mass is 9.89. The SMILES string of the molecule is CCc1cccc(CC)c1N(C(N)=O)[C@H]1CC[C@@H](Nc2nc3c(c(N(C)C)n2)CCCC3)CC1. The molecule has 0 unspecified atom stereocenters. The van der Waals surface area contributed by atoms with Gasteiger partial charge in [-0.1, -0.05) is 32.0 Å². The van der Waals surface area contributed by atoms with Gasteiger partial charge in [0, 0.05) is 31.7 Å². The first-order valence-corrected chi connectivity index (χ1v) is 13.0. The van der Waals surface area contributed by atoms with Crippen molar-refractivity contribution < 1.29 is 4.79 Å². The van der Waals surface area contributed by atoms with Gasteiger partial charge >= 0.3 is 6.03 Å². The molecule has 1 saturated carbocycles. The predicted octanol–water partition coefficient (Wildman–Crippen LogP) is 4.85. The quantitative estimate of drug-likeness (QED) is 0.611. The lowest BCUT2D eigenvalue weighted by Crippen LogP contribution is -2.47. The third-order valence-electron chi connectivity index (χ3n) is 7.42. The van der Waals surface area contributed by atoms with E-state index in [2.05, 4.69) is 56.4 Å². The van der Waals surface area contributed by atoms with Gasteiger partial charge < -0.3 is 16.0 Å². The van der Waals surface area contributed by atoms with Gasteiger partial charge in [0.2, 0.25) is 5.95 Å². The maximum atomic E-state index is 12.7. The first-order chi connectivity index (χ1) is 16.4. The van der Waals surface area contributed by atoms with Crippen molar-refractivity contribution in [3.63, 3.8) is 0 Å². The topological polar surface area (TPSA) is 87.4 Å². The van der Waals surface area contributed by atoms with Gasteiger partial charge in [0.25, 0.3) is 0 Å². The number of nitrogens with two attached hydrogens (primary N) is 1. The number of carbonyl (C=O) groups excluding carboxylic acids is 1. The summed E-state index contributed by atoms with van der Waals surface area (Å²) in [5.41, 5.74) is 11.9. The van der Waals surface area contributed by atoms with E-state index < -0.39 is 0 Å². The molecule has 2 aliphatic carbocycles. The highest BCUT2D eigenvalue weighted by molar-refractivity contribution is 5.93. The number of aromatic nitrogens is 2. The summed E-state index contributed by atoms with van der Waals surface area (Å²) in [4.78, 5) is 26.4. The van der Waals surface area contributed by atoms with E-state index in [-0.39, 0.29) is 12.1 Å². The Bertz CT molecular complexity index is 990. The zero-order valence-electron chi connectivity index (χ0n) is 21.2. The molecule has 0 bridgehead atoms. The molecule has 184 valence electrons. The Labute approximate surface area is 204 Å². The molecular formula is C27H40N6O. The second-order valence-electron chi connectivity index (χ2n) is 9.89. The number of urea groups is 1. The molecule has 34 heavy (non-hydrogen) atoms. The number of nitrogens with one attached hydrogen (secondary N) is 1. The number of fused-ring (bicyclic) bond motifs is 1. The summed E-state index contributed by atoms with van der Waals surface area (Å²) >= 11 is 0. The van der Waals surface area contributed by atoms with Crippen LogP contribution in [0.4, 0.5) is 22.2 Å². The fourth-order valence-electron chi connectivity index (χ4n) is 5.67. The number of anilines is 3. The maximum absolute atomic E-state index is 12.7. The molecule has 0 atom stereocenters. The van der Waals surface area contributed by atoms with Crippen LogP contribution in [0.1, 0.15) is 74.8 Å². The van der Waals surface area contributed by atoms with Crippen LogP contribution in [-0.2, 0) is 25.7 Å². The summed E-state index contributed by atoms with van der Waals surface area (Å²) in [6.45, 7) is 4.28. The summed E-state index contributed by atoms with van der Waals surface area (Å²) in [6.07, 6.45) is 10.0. The standard InChI is InChI=1S/C27H40N6O/c1-5-18-10-9-11-19(6-2)24(18)33(26(28)34)21-16-14-20(15-17-21)29-27-30-23-13-8-7-12-22(23)25(31-27)32(3)4/h9-11,20-21H,5-8,12-17H2,1-4H3,(H2,28,34)(H,29,30,31)/t20-,21+. The highest BCUT2D eigenvalue weighted by atomic mass is 16.2. The Balaban J connectivity index is 1.49. The predicted molar refractivity (Wildman–Crippen MR) is 140 cm³/mol. The zero-order chi connectivity index (χ0) is 24.2. The number of benzene rings is 1. The Hall–Kier alpha value is -2.83. The van der Waals surface area contributed by atoms with Crippen LogP contribution < -0.4 is 20.9 Å². The number of hydrogen-bond donors (Lipinski definition) is 2. The van der Waals surface area contributed by atoms with Gasteiger partial charge in [-0.15, -0.1) is 0 Å². The van der Waals surface area contributed by atoms with Crippen LogP contribution in [0.2, 0.25) is 0 Å². The molecule has 3 N–H and O–H groups in total. The van der Waals surface area contributed by atoms with Crippen LogP contribution in [0.5, 0.6) is 0 Å². The van der Waals surface area contributed by atoms with Crippen molar-refractivity contribution in [3.05, 3.63) is 40.6 Å². The number of aryl methyl sites for hydroxylation is 3. The normalized spacial score (nSPS) is 19.9. The lowest BCUT2D eigenvalue weighted by Gasteiger charge is -2.38. The molecule has 0 saturated heterocycles. The lowest BCUT2D eigenvalue weighted by molar-refractivity contribution is 0.248. The molecule has 2 aromatic rings. The Kier molecular flexibility index (Phi) is 7.59. The third-order valence-corrected chi connectivity index (χ3v) is 7.42. The van der Waals surface area contributed by atoms with E-state index in [0.717, 1.165) is 68.8 Å². The minimum Gasteiger partial charge on any atom is -0.362 e. The van der Waals surface area contributed by atoms with E-state index in [1.54, 1.807) is 0 Å². The van der Waals surface area contributed by atoms with E-state index in [9.17, 15) is 4.79 Å². The van der Waals surface area contributed by atoms with Gasteiger partial charge in [-0.3, -0.25) is 4.90 Å². The van der Waals surface area contributed by atoms with Crippen LogP contribution in [0.3, 0.4) is 0 Å². The summed E-state index contributed by atoms with van der Waals surface area (Å²) in [5, 5.41) is 3.62. The van der Waals surface area contributed by atoms with Gasteiger partial charge in [-0.25, -0.2) is 9.78 Å². The molecule has 1 aromatic heterocycles. The van der Waals surface area contributed by atoms with Crippen LogP contribution in [0.25, 0.3) is 0 Å². The second kappa shape index (κ2) is 10.6. The fraction of sp³-hybridized carbons (Fsp3) is 0.593. The molecule has 2 amide bonds. The van der Waals surface area contributed by atoms with Crippen molar-refractivity contribution in [2.75, 3.05) is 29.2 Å². The largest absolute Gasteiger partial charge is 0.362 e. The molecule has 1 aromatic carbocycles. The number of carbonyl (C=O) groups is 1. The van der Waals surface area contributed by atoms with Crippen LogP contribution in [0, 0.1) is 0 Å². The van der Waals surface area contributed by atoms with Crippen molar-refractivity contribution in [1.82, 2.24) is 9.97 Å². The van der Waals surface area contributed by atoms with Gasteiger partial charge in [-0.2, -0.15) is 4.98 Å². The summed E-state index contributed by atoms with van der Waals surface area (Å²) < 4.78 is 0. The van der Waals surface area contributed by atoms with Gasteiger partial charge in [-0.05, 0) is 75.3 Å². The highest BCUT2D eigenvalue weighted by Crippen LogP contribution is 2.34. The second-order valence-corrected chi connectivity index (χ2v) is 9.89. The van der Waals surface area contributed by atoms with E-state index in [1.165, 1.54) is 35.2 Å². The molecule has 2 aliphatic rings. The first-order valence-electron chi connectivity index (χ1n) is 13.0. The average molecular weight is 465 g/mol. The highest BCUT2D eigenvalue weighted by Gasteiger charge is 2.31. The third kappa shape index (κ3) is 4.98. The number of hydrogen-bond acceptors (Lipinski definition) is 5. The molecule has 7 nitrogen and oxygen atoms in total.